The zero-order valence-electron chi connectivity index (χ0n) is 16.1. The van der Waals surface area contributed by atoms with Gasteiger partial charge in [-0.15, -0.1) is 0 Å². The van der Waals surface area contributed by atoms with Crippen molar-refractivity contribution in [2.24, 2.45) is 0 Å². The van der Waals surface area contributed by atoms with Crippen LogP contribution in [0.15, 0.2) is 48.5 Å². The minimum Gasteiger partial charge on any atom is -0.368 e. The first-order valence-electron chi connectivity index (χ1n) is 9.65. The van der Waals surface area contributed by atoms with Crippen molar-refractivity contribution in [3.05, 3.63) is 65.5 Å². The van der Waals surface area contributed by atoms with Crippen molar-refractivity contribution in [2.45, 2.75) is 26.2 Å². The van der Waals surface area contributed by atoms with Crippen molar-refractivity contribution >= 4 is 11.7 Å². The number of anilines is 1. The van der Waals surface area contributed by atoms with E-state index in [4.69, 9.17) is 0 Å². The molecule has 4 nitrogen and oxygen atoms in total. The highest BCUT2D eigenvalue weighted by atomic mass is 19.1. The number of amides is 2. The van der Waals surface area contributed by atoms with Crippen LogP contribution in [-0.4, -0.2) is 43.7 Å². The van der Waals surface area contributed by atoms with Crippen LogP contribution >= 0.6 is 0 Å². The largest absolute Gasteiger partial charge is 0.368 e. The van der Waals surface area contributed by atoms with E-state index in [2.05, 4.69) is 48.3 Å². The zero-order chi connectivity index (χ0) is 19.2. The summed E-state index contributed by atoms with van der Waals surface area (Å²) in [6.07, 6.45) is 0.703. The molecule has 0 bridgehead atoms. The number of carbonyl (C=O) groups excluding carboxylic acids is 1. The van der Waals surface area contributed by atoms with Crippen molar-refractivity contribution < 1.29 is 9.18 Å². The van der Waals surface area contributed by atoms with Crippen LogP contribution in [0.5, 0.6) is 0 Å². The van der Waals surface area contributed by atoms with E-state index in [0.29, 0.717) is 32.0 Å². The Morgan fingerprint density at radius 1 is 1.00 bits per heavy atom. The molecule has 0 unspecified atom stereocenters. The van der Waals surface area contributed by atoms with Crippen molar-refractivity contribution in [3.8, 4) is 0 Å². The molecular weight excluding hydrogens is 341 g/mol. The first-order valence-corrected chi connectivity index (χ1v) is 9.65. The highest BCUT2D eigenvalue weighted by Gasteiger charge is 2.21. The van der Waals surface area contributed by atoms with E-state index in [1.807, 2.05) is 4.90 Å². The van der Waals surface area contributed by atoms with E-state index >= 15 is 0 Å². The predicted octanol–water partition coefficient (Wildman–Crippen LogP) is 4.02. The Bertz CT molecular complexity index is 735. The molecule has 1 heterocycles. The molecular formula is C22H28FN3O. The monoisotopic (exact) mass is 369 g/mol. The first-order chi connectivity index (χ1) is 13.0. The lowest BCUT2D eigenvalue weighted by Gasteiger charge is -2.36. The summed E-state index contributed by atoms with van der Waals surface area (Å²) in [5.41, 5.74) is 3.58. The van der Waals surface area contributed by atoms with Gasteiger partial charge in [-0.05, 0) is 47.7 Å². The molecule has 0 atom stereocenters. The molecule has 3 rings (SSSR count). The highest BCUT2D eigenvalue weighted by molar-refractivity contribution is 5.74. The van der Waals surface area contributed by atoms with E-state index in [0.717, 1.165) is 18.7 Å². The molecule has 1 aliphatic rings. The molecule has 0 aromatic heterocycles. The number of hydrogen-bond acceptors (Lipinski definition) is 2. The average molecular weight is 369 g/mol. The number of rotatable bonds is 5. The molecule has 144 valence electrons. The number of carbonyl (C=O) groups is 1. The minimum atomic E-state index is -0.237. The second kappa shape index (κ2) is 8.89. The molecule has 0 radical (unpaired) electrons. The van der Waals surface area contributed by atoms with Crippen LogP contribution in [0.25, 0.3) is 0 Å². The van der Waals surface area contributed by atoms with Crippen LogP contribution in [0.2, 0.25) is 0 Å². The number of nitrogens with one attached hydrogen (secondary N) is 1. The van der Waals surface area contributed by atoms with Gasteiger partial charge in [-0.3, -0.25) is 0 Å². The van der Waals surface area contributed by atoms with Crippen molar-refractivity contribution in [3.63, 3.8) is 0 Å². The lowest BCUT2D eigenvalue weighted by Crippen LogP contribution is -2.52. The molecule has 5 heteroatoms. The van der Waals surface area contributed by atoms with Gasteiger partial charge in [0.2, 0.25) is 0 Å². The standard InChI is InChI=1S/C22H28FN3O/c1-17(2)19-5-9-21(10-6-19)25-13-15-26(16-14-25)22(27)24-12-11-18-3-7-20(23)8-4-18/h3-10,17H,11-16H2,1-2H3,(H,24,27). The third-order valence-corrected chi connectivity index (χ3v) is 5.09. The smallest absolute Gasteiger partial charge is 0.317 e. The minimum absolute atomic E-state index is 0.0214. The lowest BCUT2D eigenvalue weighted by atomic mass is 10.0. The first kappa shape index (κ1) is 19.2. The average Bonchev–Trinajstić information content (AvgIpc) is 2.69. The number of nitrogens with zero attached hydrogens (tertiary/aromatic N) is 2. The fourth-order valence-corrected chi connectivity index (χ4v) is 3.31. The fraction of sp³-hybridized carbons (Fsp3) is 0.409. The predicted molar refractivity (Wildman–Crippen MR) is 108 cm³/mol. The van der Waals surface area contributed by atoms with Gasteiger partial charge < -0.3 is 15.1 Å². The summed E-state index contributed by atoms with van der Waals surface area (Å²) < 4.78 is 12.9. The van der Waals surface area contributed by atoms with E-state index in [1.165, 1.54) is 23.4 Å². The van der Waals surface area contributed by atoms with Gasteiger partial charge in [0.25, 0.3) is 0 Å². The van der Waals surface area contributed by atoms with Crippen LogP contribution in [0.3, 0.4) is 0 Å². The summed E-state index contributed by atoms with van der Waals surface area (Å²) in [5, 5.41) is 2.96. The quantitative estimate of drug-likeness (QED) is 0.864. The lowest BCUT2D eigenvalue weighted by molar-refractivity contribution is 0.194. The molecule has 0 aliphatic carbocycles. The fourth-order valence-electron chi connectivity index (χ4n) is 3.31. The van der Waals surface area contributed by atoms with Gasteiger partial charge in [-0.25, -0.2) is 9.18 Å². The van der Waals surface area contributed by atoms with Crippen LogP contribution in [0.1, 0.15) is 30.9 Å². The Hall–Kier alpha value is -2.56. The maximum Gasteiger partial charge on any atom is 0.317 e. The summed E-state index contributed by atoms with van der Waals surface area (Å²) in [4.78, 5) is 16.5. The second-order valence-electron chi connectivity index (χ2n) is 7.33. The molecule has 2 aromatic rings. The maximum atomic E-state index is 12.9. The van der Waals surface area contributed by atoms with Crippen LogP contribution in [0.4, 0.5) is 14.9 Å². The van der Waals surface area contributed by atoms with Gasteiger partial charge in [-0.2, -0.15) is 0 Å². The summed E-state index contributed by atoms with van der Waals surface area (Å²) in [6.45, 7) is 8.06. The summed E-state index contributed by atoms with van der Waals surface area (Å²) in [5.74, 6) is 0.300. The van der Waals surface area contributed by atoms with Gasteiger partial charge in [0.15, 0.2) is 0 Å². The Morgan fingerprint density at radius 2 is 1.63 bits per heavy atom. The Balaban J connectivity index is 1.42. The zero-order valence-corrected chi connectivity index (χ0v) is 16.1. The maximum absolute atomic E-state index is 12.9. The van der Waals surface area contributed by atoms with E-state index < -0.39 is 0 Å². The molecule has 1 fully saturated rings. The van der Waals surface area contributed by atoms with Crippen molar-refractivity contribution in [1.82, 2.24) is 10.2 Å². The van der Waals surface area contributed by atoms with Crippen molar-refractivity contribution in [2.75, 3.05) is 37.6 Å². The van der Waals surface area contributed by atoms with E-state index in [9.17, 15) is 9.18 Å². The van der Waals surface area contributed by atoms with Gasteiger partial charge in [0.05, 0.1) is 0 Å². The summed E-state index contributed by atoms with van der Waals surface area (Å²) in [7, 11) is 0. The topological polar surface area (TPSA) is 35.6 Å². The number of halogens is 1. The normalized spacial score (nSPS) is 14.5. The third-order valence-electron chi connectivity index (χ3n) is 5.09. The van der Waals surface area contributed by atoms with Crippen LogP contribution < -0.4 is 10.2 Å². The number of hydrogen-bond donors (Lipinski definition) is 1. The Kier molecular flexibility index (Phi) is 6.32. The highest BCUT2D eigenvalue weighted by Crippen LogP contribution is 2.21. The number of benzene rings is 2. The van der Waals surface area contributed by atoms with Gasteiger partial charge >= 0.3 is 6.03 Å². The van der Waals surface area contributed by atoms with Gasteiger partial charge in [-0.1, -0.05) is 38.1 Å². The molecule has 0 spiro atoms. The van der Waals surface area contributed by atoms with E-state index in [-0.39, 0.29) is 11.8 Å². The summed E-state index contributed by atoms with van der Waals surface area (Å²) in [6, 6.07) is 15.1. The van der Waals surface area contributed by atoms with Gasteiger partial charge in [0.1, 0.15) is 5.82 Å². The molecule has 1 aliphatic heterocycles. The number of piperazine rings is 1. The Morgan fingerprint density at radius 3 is 2.22 bits per heavy atom. The molecule has 0 saturated carbocycles. The molecule has 1 saturated heterocycles. The molecule has 2 amide bonds. The summed E-state index contributed by atoms with van der Waals surface area (Å²) >= 11 is 0. The molecule has 27 heavy (non-hydrogen) atoms. The molecule has 2 aromatic carbocycles. The number of urea groups is 1. The van der Waals surface area contributed by atoms with Crippen LogP contribution in [0, 0.1) is 5.82 Å². The van der Waals surface area contributed by atoms with Gasteiger partial charge in [0, 0.05) is 38.4 Å². The van der Waals surface area contributed by atoms with Crippen molar-refractivity contribution in [1.29, 1.82) is 0 Å². The Labute approximate surface area is 161 Å². The SMILES string of the molecule is CC(C)c1ccc(N2CCN(C(=O)NCCc3ccc(F)cc3)CC2)cc1. The van der Waals surface area contributed by atoms with Crippen LogP contribution in [-0.2, 0) is 6.42 Å². The third kappa shape index (κ3) is 5.22. The second-order valence-corrected chi connectivity index (χ2v) is 7.33. The van der Waals surface area contributed by atoms with E-state index in [1.54, 1.807) is 12.1 Å². The molecule has 1 N–H and O–H groups in total.